The molecule has 0 radical (unpaired) electrons. The number of carbonyl (C=O) groups excluding carboxylic acids is 1. The third-order valence-corrected chi connectivity index (χ3v) is 4.58. The number of hydrogen-bond donors (Lipinski definition) is 1. The molecule has 0 unspecified atom stereocenters. The second-order valence-corrected chi connectivity index (χ2v) is 6.72. The Labute approximate surface area is 176 Å². The van der Waals surface area contributed by atoms with Crippen molar-refractivity contribution < 1.29 is 27.4 Å². The summed E-state index contributed by atoms with van der Waals surface area (Å²) in [7, 11) is 0. The minimum absolute atomic E-state index is 0.420. The molecule has 2 heterocycles. The Kier molecular flexibility index (Phi) is 5.62. The van der Waals surface area contributed by atoms with Gasteiger partial charge in [0.05, 0.1) is 5.56 Å². The number of rotatable bonds is 4. The first-order chi connectivity index (χ1) is 14.9. The largest absolute Gasteiger partial charge is 0.486 e. The van der Waals surface area contributed by atoms with Crippen molar-refractivity contribution in [1.82, 2.24) is 4.98 Å². The van der Waals surface area contributed by atoms with E-state index < -0.39 is 17.6 Å². The van der Waals surface area contributed by atoms with Gasteiger partial charge in [0.1, 0.15) is 13.2 Å². The van der Waals surface area contributed by atoms with E-state index in [0.717, 1.165) is 12.1 Å². The van der Waals surface area contributed by atoms with E-state index >= 15 is 0 Å². The van der Waals surface area contributed by atoms with E-state index in [1.807, 2.05) is 0 Å². The first-order valence-corrected chi connectivity index (χ1v) is 9.40. The minimum atomic E-state index is -4.44. The van der Waals surface area contributed by atoms with Crippen LogP contribution in [0.4, 0.5) is 18.9 Å². The van der Waals surface area contributed by atoms with E-state index in [9.17, 15) is 18.0 Å². The molecule has 2 aromatic carbocycles. The van der Waals surface area contributed by atoms with E-state index in [-0.39, 0.29) is 0 Å². The fraction of sp³-hybridized carbons (Fsp3) is 0.130. The smallest absolute Gasteiger partial charge is 0.416 e. The number of ether oxygens (including phenoxy) is 2. The van der Waals surface area contributed by atoms with Crippen LogP contribution in [-0.2, 0) is 11.0 Å². The molecule has 0 aliphatic carbocycles. The Morgan fingerprint density at radius 1 is 0.968 bits per heavy atom. The third kappa shape index (κ3) is 4.85. The highest BCUT2D eigenvalue weighted by Crippen LogP contribution is 2.33. The highest BCUT2D eigenvalue weighted by Gasteiger charge is 2.30. The fourth-order valence-corrected chi connectivity index (χ4v) is 3.12. The maximum Gasteiger partial charge on any atom is 0.416 e. The number of pyridine rings is 1. The number of fused-ring (bicyclic) bond motifs is 1. The quantitative estimate of drug-likeness (QED) is 0.601. The normalized spacial score (nSPS) is 13.6. The van der Waals surface area contributed by atoms with E-state index in [0.29, 0.717) is 47.1 Å². The molecule has 5 nitrogen and oxygen atoms in total. The monoisotopic (exact) mass is 426 g/mol. The molecule has 1 amide bonds. The van der Waals surface area contributed by atoms with Gasteiger partial charge in [0, 0.05) is 35.8 Å². The van der Waals surface area contributed by atoms with Crippen LogP contribution in [0.5, 0.6) is 11.5 Å². The van der Waals surface area contributed by atoms with Gasteiger partial charge in [-0.1, -0.05) is 18.2 Å². The lowest BCUT2D eigenvalue weighted by Crippen LogP contribution is -2.16. The zero-order valence-corrected chi connectivity index (χ0v) is 16.1. The Hall–Kier alpha value is -3.81. The fourth-order valence-electron chi connectivity index (χ4n) is 3.12. The second kappa shape index (κ2) is 8.51. The maximum atomic E-state index is 12.9. The highest BCUT2D eigenvalue weighted by molar-refractivity contribution is 6.06. The molecule has 1 aromatic heterocycles. The summed E-state index contributed by atoms with van der Waals surface area (Å²) in [6.45, 7) is 0.881. The van der Waals surface area contributed by atoms with Gasteiger partial charge in [-0.05, 0) is 41.5 Å². The predicted octanol–water partition coefficient (Wildman–Crippen LogP) is 4.94. The van der Waals surface area contributed by atoms with Gasteiger partial charge in [-0.3, -0.25) is 9.78 Å². The van der Waals surface area contributed by atoms with Gasteiger partial charge in [0.15, 0.2) is 11.5 Å². The van der Waals surface area contributed by atoms with Crippen LogP contribution in [0.2, 0.25) is 0 Å². The Morgan fingerprint density at radius 2 is 1.71 bits per heavy atom. The molecule has 4 rings (SSSR count). The number of nitrogens with zero attached hydrogens (tertiary/aromatic N) is 1. The average molecular weight is 426 g/mol. The molecule has 31 heavy (non-hydrogen) atoms. The Bertz CT molecular complexity index is 1110. The minimum Gasteiger partial charge on any atom is -0.486 e. The zero-order valence-electron chi connectivity index (χ0n) is 16.1. The van der Waals surface area contributed by atoms with Crippen molar-refractivity contribution in [2.45, 2.75) is 6.18 Å². The lowest BCUT2D eigenvalue weighted by molar-refractivity contribution is -0.137. The summed E-state index contributed by atoms with van der Waals surface area (Å²) in [5.41, 5.74) is 1.24. The van der Waals surface area contributed by atoms with Gasteiger partial charge >= 0.3 is 6.18 Å². The number of alkyl halides is 3. The third-order valence-electron chi connectivity index (χ3n) is 4.58. The molecule has 0 saturated carbocycles. The van der Waals surface area contributed by atoms with Gasteiger partial charge in [-0.15, -0.1) is 0 Å². The SMILES string of the molecule is O=C(C=C(c1ccc(C(F)(F)F)cc1)c1cccnc1)Nc1ccc2c(c1)OCCO2. The van der Waals surface area contributed by atoms with E-state index in [4.69, 9.17) is 9.47 Å². The van der Waals surface area contributed by atoms with Crippen molar-refractivity contribution in [2.75, 3.05) is 18.5 Å². The van der Waals surface area contributed by atoms with Crippen molar-refractivity contribution in [1.29, 1.82) is 0 Å². The van der Waals surface area contributed by atoms with Crippen molar-refractivity contribution in [3.63, 3.8) is 0 Å². The Balaban J connectivity index is 1.63. The number of aromatic nitrogens is 1. The molecule has 158 valence electrons. The van der Waals surface area contributed by atoms with Gasteiger partial charge in [-0.25, -0.2) is 0 Å². The van der Waals surface area contributed by atoms with Crippen molar-refractivity contribution in [3.8, 4) is 11.5 Å². The highest BCUT2D eigenvalue weighted by atomic mass is 19.4. The molecule has 0 fully saturated rings. The van der Waals surface area contributed by atoms with Crippen LogP contribution in [0.25, 0.3) is 5.57 Å². The molecule has 0 bridgehead atoms. The molecule has 3 aromatic rings. The summed E-state index contributed by atoms with van der Waals surface area (Å²) in [4.78, 5) is 16.7. The topological polar surface area (TPSA) is 60.5 Å². The van der Waals surface area contributed by atoms with Gasteiger partial charge in [0.25, 0.3) is 0 Å². The van der Waals surface area contributed by atoms with Crippen molar-refractivity contribution >= 4 is 17.2 Å². The van der Waals surface area contributed by atoms with Crippen LogP contribution in [0.15, 0.2) is 73.1 Å². The summed E-state index contributed by atoms with van der Waals surface area (Å²) >= 11 is 0. The lowest BCUT2D eigenvalue weighted by Gasteiger charge is -2.18. The number of nitrogens with one attached hydrogen (secondary N) is 1. The van der Waals surface area contributed by atoms with E-state index in [1.165, 1.54) is 18.2 Å². The first kappa shape index (κ1) is 20.5. The van der Waals surface area contributed by atoms with Crippen LogP contribution in [0.3, 0.4) is 0 Å². The first-order valence-electron chi connectivity index (χ1n) is 9.40. The summed E-state index contributed by atoms with van der Waals surface area (Å²) < 4.78 is 49.7. The Morgan fingerprint density at radius 3 is 2.39 bits per heavy atom. The molecule has 0 spiro atoms. The molecule has 0 atom stereocenters. The molecular formula is C23H17F3N2O3. The summed E-state index contributed by atoms with van der Waals surface area (Å²) in [5.74, 6) is 0.680. The number of carbonyl (C=O) groups is 1. The van der Waals surface area contributed by atoms with Gasteiger partial charge in [0.2, 0.25) is 5.91 Å². The summed E-state index contributed by atoms with van der Waals surface area (Å²) in [6.07, 6.45) is 0.00667. The van der Waals surface area contributed by atoms with Crippen LogP contribution in [0.1, 0.15) is 16.7 Å². The van der Waals surface area contributed by atoms with Gasteiger partial charge in [-0.2, -0.15) is 13.2 Å². The number of amides is 1. The second-order valence-electron chi connectivity index (χ2n) is 6.72. The van der Waals surface area contributed by atoms with Gasteiger partial charge < -0.3 is 14.8 Å². The van der Waals surface area contributed by atoms with Crippen LogP contribution >= 0.6 is 0 Å². The van der Waals surface area contributed by atoms with Crippen LogP contribution < -0.4 is 14.8 Å². The number of anilines is 1. The molecule has 1 aliphatic heterocycles. The molecular weight excluding hydrogens is 409 g/mol. The number of halogens is 3. The standard InChI is InChI=1S/C23H17F3N2O3/c24-23(25,26)17-5-3-15(4-6-17)19(16-2-1-9-27-14-16)13-22(29)28-18-7-8-20-21(12-18)31-11-10-30-20/h1-9,12-14H,10-11H2,(H,28,29). The molecule has 8 heteroatoms. The average Bonchev–Trinajstić information content (AvgIpc) is 2.77. The van der Waals surface area contributed by atoms with Crippen LogP contribution in [-0.4, -0.2) is 24.1 Å². The number of benzene rings is 2. The van der Waals surface area contributed by atoms with E-state index in [1.54, 1.807) is 42.7 Å². The predicted molar refractivity (Wildman–Crippen MR) is 109 cm³/mol. The van der Waals surface area contributed by atoms with E-state index in [2.05, 4.69) is 10.3 Å². The number of hydrogen-bond acceptors (Lipinski definition) is 4. The maximum absolute atomic E-state index is 12.9. The lowest BCUT2D eigenvalue weighted by atomic mass is 9.97. The summed E-state index contributed by atoms with van der Waals surface area (Å²) in [6, 6.07) is 13.1. The molecule has 0 saturated heterocycles. The molecule has 1 N–H and O–H groups in total. The van der Waals surface area contributed by atoms with Crippen LogP contribution in [0, 0.1) is 0 Å². The molecule has 1 aliphatic rings. The van der Waals surface area contributed by atoms with Crippen molar-refractivity contribution in [3.05, 3.63) is 89.8 Å². The summed E-state index contributed by atoms with van der Waals surface area (Å²) in [5, 5.41) is 2.75. The zero-order chi connectivity index (χ0) is 21.8. The van der Waals surface area contributed by atoms with Crippen molar-refractivity contribution in [2.24, 2.45) is 0 Å².